The molecule has 1 aliphatic rings. The monoisotopic (exact) mass is 267 g/mol. The number of ether oxygens (including phenoxy) is 1. The van der Waals surface area contributed by atoms with Gasteiger partial charge in [-0.15, -0.1) is 0 Å². The fourth-order valence-electron chi connectivity index (χ4n) is 1.93. The Balaban J connectivity index is 1.78. The van der Waals surface area contributed by atoms with Gasteiger partial charge >= 0.3 is 0 Å². The molecule has 0 spiro atoms. The standard InChI is InChI=1S/C14H18ClNO2/c1-10(2)6-14(17)16-8-13(9-16)18-12-5-3-4-11(15)7-12/h3-5,7,10,13H,6,8-9H2,1-2H3. The van der Waals surface area contributed by atoms with Gasteiger partial charge in [-0.3, -0.25) is 4.79 Å². The number of hydrogen-bond donors (Lipinski definition) is 0. The third kappa shape index (κ3) is 3.39. The van der Waals surface area contributed by atoms with Crippen LogP contribution in [0, 0.1) is 5.92 Å². The number of rotatable bonds is 4. The van der Waals surface area contributed by atoms with Crippen molar-refractivity contribution in [1.82, 2.24) is 4.90 Å². The summed E-state index contributed by atoms with van der Waals surface area (Å²) in [5.41, 5.74) is 0. The van der Waals surface area contributed by atoms with Crippen molar-refractivity contribution in [3.8, 4) is 5.75 Å². The van der Waals surface area contributed by atoms with Gasteiger partial charge in [0.1, 0.15) is 11.9 Å². The van der Waals surface area contributed by atoms with E-state index in [2.05, 4.69) is 13.8 Å². The van der Waals surface area contributed by atoms with Crippen LogP contribution in [0.25, 0.3) is 0 Å². The van der Waals surface area contributed by atoms with Gasteiger partial charge in [0.05, 0.1) is 13.1 Å². The molecule has 1 saturated heterocycles. The first kappa shape index (κ1) is 13.2. The maximum atomic E-state index is 11.7. The summed E-state index contributed by atoms with van der Waals surface area (Å²) in [5, 5.41) is 0.666. The summed E-state index contributed by atoms with van der Waals surface area (Å²) >= 11 is 5.88. The number of hydrogen-bond acceptors (Lipinski definition) is 2. The zero-order valence-electron chi connectivity index (χ0n) is 10.7. The van der Waals surface area contributed by atoms with Crippen LogP contribution in [-0.4, -0.2) is 30.0 Å². The summed E-state index contributed by atoms with van der Waals surface area (Å²) in [5.74, 6) is 1.39. The quantitative estimate of drug-likeness (QED) is 0.839. The molecule has 1 heterocycles. The van der Waals surface area contributed by atoms with Crippen LogP contribution >= 0.6 is 11.6 Å². The SMILES string of the molecule is CC(C)CC(=O)N1CC(Oc2cccc(Cl)c2)C1. The number of carbonyl (C=O) groups excluding carboxylic acids is 1. The van der Waals surface area contributed by atoms with Crippen molar-refractivity contribution in [2.45, 2.75) is 26.4 Å². The lowest BCUT2D eigenvalue weighted by molar-refractivity contribution is -0.140. The minimum absolute atomic E-state index is 0.0968. The predicted octanol–water partition coefficient (Wildman–Crippen LogP) is 2.98. The summed E-state index contributed by atoms with van der Waals surface area (Å²) in [6.45, 7) is 5.46. The van der Waals surface area contributed by atoms with Gasteiger partial charge in [0.15, 0.2) is 0 Å². The molecule has 1 fully saturated rings. The van der Waals surface area contributed by atoms with E-state index in [9.17, 15) is 4.79 Å². The van der Waals surface area contributed by atoms with Crippen LogP contribution in [0.2, 0.25) is 5.02 Å². The van der Waals surface area contributed by atoms with Gasteiger partial charge < -0.3 is 9.64 Å². The van der Waals surface area contributed by atoms with Gasteiger partial charge in [-0.1, -0.05) is 31.5 Å². The fourth-order valence-corrected chi connectivity index (χ4v) is 2.11. The molecule has 1 aliphatic heterocycles. The normalized spacial score (nSPS) is 15.7. The molecule has 4 heteroatoms. The van der Waals surface area contributed by atoms with Crippen molar-refractivity contribution in [3.05, 3.63) is 29.3 Å². The summed E-state index contributed by atoms with van der Waals surface area (Å²) in [6.07, 6.45) is 0.712. The van der Waals surface area contributed by atoms with Crippen LogP contribution in [0.3, 0.4) is 0 Å². The number of carbonyl (C=O) groups is 1. The van der Waals surface area contributed by atoms with Gasteiger partial charge in [-0.05, 0) is 24.1 Å². The van der Waals surface area contributed by atoms with Crippen molar-refractivity contribution in [1.29, 1.82) is 0 Å². The van der Waals surface area contributed by atoms with Crippen molar-refractivity contribution < 1.29 is 9.53 Å². The number of likely N-dealkylation sites (tertiary alicyclic amines) is 1. The first-order chi connectivity index (χ1) is 8.54. The highest BCUT2D eigenvalue weighted by atomic mass is 35.5. The fraction of sp³-hybridized carbons (Fsp3) is 0.500. The highest BCUT2D eigenvalue weighted by molar-refractivity contribution is 6.30. The lowest BCUT2D eigenvalue weighted by Crippen LogP contribution is -2.56. The Morgan fingerprint density at radius 2 is 2.22 bits per heavy atom. The lowest BCUT2D eigenvalue weighted by atomic mass is 10.1. The highest BCUT2D eigenvalue weighted by Gasteiger charge is 2.32. The molecule has 1 amide bonds. The maximum Gasteiger partial charge on any atom is 0.223 e. The second kappa shape index (κ2) is 5.61. The summed E-state index contributed by atoms with van der Waals surface area (Å²) in [7, 11) is 0. The molecule has 0 saturated carbocycles. The van der Waals surface area contributed by atoms with E-state index < -0.39 is 0 Å². The zero-order chi connectivity index (χ0) is 13.1. The molecule has 0 aromatic heterocycles. The molecule has 0 unspecified atom stereocenters. The maximum absolute atomic E-state index is 11.7. The van der Waals surface area contributed by atoms with Crippen LogP contribution in [0.4, 0.5) is 0 Å². The minimum Gasteiger partial charge on any atom is -0.487 e. The third-order valence-electron chi connectivity index (χ3n) is 2.88. The van der Waals surface area contributed by atoms with Crippen LogP contribution in [0.15, 0.2) is 24.3 Å². The average molecular weight is 268 g/mol. The van der Waals surface area contributed by atoms with Crippen molar-refractivity contribution in [3.63, 3.8) is 0 Å². The van der Waals surface area contributed by atoms with E-state index in [1.807, 2.05) is 23.1 Å². The number of amides is 1. The second-order valence-corrected chi connectivity index (χ2v) is 5.53. The molecule has 0 bridgehead atoms. The molecule has 0 N–H and O–H groups in total. The van der Waals surface area contributed by atoms with Crippen LogP contribution in [0.1, 0.15) is 20.3 Å². The van der Waals surface area contributed by atoms with E-state index in [1.54, 1.807) is 6.07 Å². The van der Waals surface area contributed by atoms with E-state index in [-0.39, 0.29) is 12.0 Å². The first-order valence-electron chi connectivity index (χ1n) is 6.24. The molecule has 98 valence electrons. The van der Waals surface area contributed by atoms with Crippen molar-refractivity contribution in [2.24, 2.45) is 5.92 Å². The molecular weight excluding hydrogens is 250 g/mol. The Bertz CT molecular complexity index is 428. The Morgan fingerprint density at radius 3 is 2.83 bits per heavy atom. The minimum atomic E-state index is 0.0968. The number of halogens is 1. The van der Waals surface area contributed by atoms with Crippen molar-refractivity contribution in [2.75, 3.05) is 13.1 Å². The molecule has 0 radical (unpaired) electrons. The summed E-state index contributed by atoms with van der Waals surface area (Å²) < 4.78 is 5.74. The van der Waals surface area contributed by atoms with Gasteiger partial charge in [-0.2, -0.15) is 0 Å². The van der Waals surface area contributed by atoms with E-state index in [1.165, 1.54) is 0 Å². The van der Waals surface area contributed by atoms with Crippen LogP contribution in [-0.2, 0) is 4.79 Å². The van der Waals surface area contributed by atoms with E-state index in [0.717, 1.165) is 5.75 Å². The van der Waals surface area contributed by atoms with E-state index in [4.69, 9.17) is 16.3 Å². The Hall–Kier alpha value is -1.22. The molecule has 3 nitrogen and oxygen atoms in total. The Labute approximate surface area is 113 Å². The molecule has 0 aliphatic carbocycles. The summed E-state index contributed by atoms with van der Waals surface area (Å²) in [4.78, 5) is 13.6. The van der Waals surface area contributed by atoms with Gasteiger partial charge in [0.25, 0.3) is 0 Å². The number of nitrogens with zero attached hydrogens (tertiary/aromatic N) is 1. The molecule has 18 heavy (non-hydrogen) atoms. The first-order valence-corrected chi connectivity index (χ1v) is 6.62. The molecule has 0 atom stereocenters. The van der Waals surface area contributed by atoms with Crippen LogP contribution in [0.5, 0.6) is 5.75 Å². The van der Waals surface area contributed by atoms with E-state index in [0.29, 0.717) is 30.5 Å². The van der Waals surface area contributed by atoms with Crippen LogP contribution < -0.4 is 4.74 Å². The predicted molar refractivity (Wildman–Crippen MR) is 71.9 cm³/mol. The molecule has 1 aromatic carbocycles. The van der Waals surface area contributed by atoms with Gasteiger partial charge in [0.2, 0.25) is 5.91 Å². The molecule has 2 rings (SSSR count). The second-order valence-electron chi connectivity index (χ2n) is 5.09. The third-order valence-corrected chi connectivity index (χ3v) is 3.12. The van der Waals surface area contributed by atoms with Gasteiger partial charge in [0, 0.05) is 11.4 Å². The summed E-state index contributed by atoms with van der Waals surface area (Å²) in [6, 6.07) is 7.34. The van der Waals surface area contributed by atoms with E-state index >= 15 is 0 Å². The lowest BCUT2D eigenvalue weighted by Gasteiger charge is -2.39. The molecular formula is C14H18ClNO2. The number of benzene rings is 1. The highest BCUT2D eigenvalue weighted by Crippen LogP contribution is 2.22. The zero-order valence-corrected chi connectivity index (χ0v) is 11.5. The molecule has 1 aromatic rings. The Morgan fingerprint density at radius 1 is 1.50 bits per heavy atom. The van der Waals surface area contributed by atoms with Gasteiger partial charge in [-0.25, -0.2) is 0 Å². The topological polar surface area (TPSA) is 29.5 Å². The Kier molecular flexibility index (Phi) is 4.12. The smallest absolute Gasteiger partial charge is 0.223 e. The average Bonchev–Trinajstić information content (AvgIpc) is 2.21. The largest absolute Gasteiger partial charge is 0.487 e. The van der Waals surface area contributed by atoms with Crippen molar-refractivity contribution >= 4 is 17.5 Å².